The van der Waals surface area contributed by atoms with Gasteiger partial charge in [-0.3, -0.25) is 9.48 Å². The van der Waals surface area contributed by atoms with Gasteiger partial charge < -0.3 is 14.5 Å². The molecule has 1 aromatic heterocycles. The Labute approximate surface area is 161 Å². The van der Waals surface area contributed by atoms with E-state index >= 15 is 0 Å². The SMILES string of the molecule is CCN1CCN(C(=O)c2cc3n(n2)C[C@@H](c2ccc(Br)cc2)OC3)CC1. The number of hydrogen-bond donors (Lipinski definition) is 0. The molecule has 0 bridgehead atoms. The second kappa shape index (κ2) is 7.50. The fourth-order valence-electron chi connectivity index (χ4n) is 3.54. The van der Waals surface area contributed by atoms with Crippen LogP contribution in [0.2, 0.25) is 0 Å². The summed E-state index contributed by atoms with van der Waals surface area (Å²) in [7, 11) is 0. The fourth-order valence-corrected chi connectivity index (χ4v) is 3.80. The van der Waals surface area contributed by atoms with Crippen LogP contribution in [0.15, 0.2) is 34.8 Å². The van der Waals surface area contributed by atoms with Crippen LogP contribution in [0.25, 0.3) is 0 Å². The highest BCUT2D eigenvalue weighted by molar-refractivity contribution is 9.10. The van der Waals surface area contributed by atoms with Gasteiger partial charge >= 0.3 is 0 Å². The summed E-state index contributed by atoms with van der Waals surface area (Å²) in [5.74, 6) is 0.0304. The van der Waals surface area contributed by atoms with Crippen molar-refractivity contribution in [2.75, 3.05) is 32.7 Å². The molecular formula is C19H23BrN4O2. The maximum absolute atomic E-state index is 12.8. The number of carbonyl (C=O) groups is 1. The highest BCUT2D eigenvalue weighted by Crippen LogP contribution is 2.27. The molecule has 2 aliphatic rings. The zero-order chi connectivity index (χ0) is 18.1. The quantitative estimate of drug-likeness (QED) is 0.768. The van der Waals surface area contributed by atoms with Crippen LogP contribution in [0.1, 0.15) is 34.8 Å². The van der Waals surface area contributed by atoms with E-state index < -0.39 is 0 Å². The minimum atomic E-state index is -0.0356. The second-order valence-electron chi connectivity index (χ2n) is 6.78. The molecule has 0 unspecified atom stereocenters. The van der Waals surface area contributed by atoms with Crippen LogP contribution >= 0.6 is 15.9 Å². The number of halogens is 1. The van der Waals surface area contributed by atoms with Crippen molar-refractivity contribution in [1.82, 2.24) is 19.6 Å². The zero-order valence-electron chi connectivity index (χ0n) is 14.9. The van der Waals surface area contributed by atoms with Gasteiger partial charge in [0.1, 0.15) is 6.10 Å². The molecule has 0 radical (unpaired) electrons. The molecule has 1 saturated heterocycles. The van der Waals surface area contributed by atoms with Gasteiger partial charge in [-0.15, -0.1) is 0 Å². The maximum Gasteiger partial charge on any atom is 0.274 e. The molecule has 2 aromatic rings. The number of piperazine rings is 1. The number of fused-ring (bicyclic) bond motifs is 1. The fraction of sp³-hybridized carbons (Fsp3) is 0.474. The van der Waals surface area contributed by atoms with Crippen molar-refractivity contribution in [3.05, 3.63) is 51.8 Å². The van der Waals surface area contributed by atoms with Crippen molar-refractivity contribution < 1.29 is 9.53 Å². The van der Waals surface area contributed by atoms with Gasteiger partial charge in [-0.1, -0.05) is 35.0 Å². The summed E-state index contributed by atoms with van der Waals surface area (Å²) in [5.41, 5.74) is 2.62. The average Bonchev–Trinajstić information content (AvgIpc) is 3.11. The molecule has 0 N–H and O–H groups in total. The standard InChI is InChI=1S/C19H23BrN4O2/c1-2-22-7-9-23(10-8-22)19(25)17-11-16-13-26-18(12-24(16)21-17)14-3-5-15(20)6-4-14/h3-6,11,18H,2,7-10,12-13H2,1H3/t18-/m0/s1. The lowest BCUT2D eigenvalue weighted by molar-refractivity contribution is -0.00123. The van der Waals surface area contributed by atoms with Crippen LogP contribution in [0.4, 0.5) is 0 Å². The monoisotopic (exact) mass is 418 g/mol. The van der Waals surface area contributed by atoms with Crippen molar-refractivity contribution in [1.29, 1.82) is 0 Å². The lowest BCUT2D eigenvalue weighted by Gasteiger charge is -2.33. The first-order chi connectivity index (χ1) is 12.6. The van der Waals surface area contributed by atoms with Crippen molar-refractivity contribution in [2.24, 2.45) is 0 Å². The predicted octanol–water partition coefficient (Wildman–Crippen LogP) is 2.69. The molecule has 1 aromatic carbocycles. The van der Waals surface area contributed by atoms with E-state index in [1.807, 2.05) is 27.8 Å². The van der Waals surface area contributed by atoms with E-state index in [0.717, 1.165) is 48.5 Å². The average molecular weight is 419 g/mol. The van der Waals surface area contributed by atoms with Gasteiger partial charge in [-0.25, -0.2) is 0 Å². The molecular weight excluding hydrogens is 396 g/mol. The Hall–Kier alpha value is -1.70. The van der Waals surface area contributed by atoms with E-state index in [1.165, 1.54) is 0 Å². The first kappa shape index (κ1) is 17.7. The third kappa shape index (κ3) is 3.56. The number of carbonyl (C=O) groups excluding carboxylic acids is 1. The van der Waals surface area contributed by atoms with Gasteiger partial charge in [0.05, 0.1) is 18.8 Å². The largest absolute Gasteiger partial charge is 0.365 e. The number of hydrogen-bond acceptors (Lipinski definition) is 4. The first-order valence-electron chi connectivity index (χ1n) is 9.09. The van der Waals surface area contributed by atoms with Crippen LogP contribution in [-0.2, 0) is 17.9 Å². The van der Waals surface area contributed by atoms with Gasteiger partial charge in [0.2, 0.25) is 0 Å². The molecule has 1 amide bonds. The predicted molar refractivity (Wildman–Crippen MR) is 102 cm³/mol. The molecule has 26 heavy (non-hydrogen) atoms. The van der Waals surface area contributed by atoms with Crippen LogP contribution < -0.4 is 0 Å². The Bertz CT molecular complexity index is 781. The van der Waals surface area contributed by atoms with Gasteiger partial charge in [0, 0.05) is 30.7 Å². The van der Waals surface area contributed by atoms with Gasteiger partial charge in [0.15, 0.2) is 5.69 Å². The van der Waals surface area contributed by atoms with Crippen molar-refractivity contribution in [3.63, 3.8) is 0 Å². The summed E-state index contributed by atoms with van der Waals surface area (Å²) in [6, 6.07) is 10.0. The topological polar surface area (TPSA) is 50.6 Å². The van der Waals surface area contributed by atoms with E-state index in [0.29, 0.717) is 18.8 Å². The van der Waals surface area contributed by atoms with Crippen LogP contribution in [-0.4, -0.2) is 58.2 Å². The smallest absolute Gasteiger partial charge is 0.274 e. The summed E-state index contributed by atoms with van der Waals surface area (Å²) in [4.78, 5) is 17.1. The molecule has 0 spiro atoms. The molecule has 3 heterocycles. The molecule has 1 fully saturated rings. The Kier molecular flexibility index (Phi) is 5.11. The normalized spacial score (nSPS) is 20.8. The van der Waals surface area contributed by atoms with E-state index in [9.17, 15) is 4.79 Å². The Balaban J connectivity index is 1.46. The van der Waals surface area contributed by atoms with Crippen molar-refractivity contribution >= 4 is 21.8 Å². The number of nitrogens with zero attached hydrogens (tertiary/aromatic N) is 4. The van der Waals surface area contributed by atoms with Crippen molar-refractivity contribution in [2.45, 2.75) is 26.2 Å². The molecule has 2 aliphatic heterocycles. The Morgan fingerprint density at radius 3 is 2.65 bits per heavy atom. The molecule has 7 heteroatoms. The lowest BCUT2D eigenvalue weighted by Crippen LogP contribution is -2.48. The van der Waals surface area contributed by atoms with Gasteiger partial charge in [0.25, 0.3) is 5.91 Å². The summed E-state index contributed by atoms with van der Waals surface area (Å²) >= 11 is 3.46. The number of benzene rings is 1. The zero-order valence-corrected chi connectivity index (χ0v) is 16.5. The van der Waals surface area contributed by atoms with E-state index in [-0.39, 0.29) is 12.0 Å². The minimum Gasteiger partial charge on any atom is -0.365 e. The molecule has 4 rings (SSSR count). The third-order valence-electron chi connectivity index (χ3n) is 5.20. The molecule has 0 aliphatic carbocycles. The van der Waals surface area contributed by atoms with Crippen LogP contribution in [0.3, 0.4) is 0 Å². The van der Waals surface area contributed by atoms with E-state index in [4.69, 9.17) is 4.74 Å². The highest BCUT2D eigenvalue weighted by atomic mass is 79.9. The number of ether oxygens (including phenoxy) is 1. The van der Waals surface area contributed by atoms with Crippen LogP contribution in [0.5, 0.6) is 0 Å². The molecule has 6 nitrogen and oxygen atoms in total. The third-order valence-corrected chi connectivity index (χ3v) is 5.73. The second-order valence-corrected chi connectivity index (χ2v) is 7.70. The van der Waals surface area contributed by atoms with Crippen LogP contribution in [0, 0.1) is 0 Å². The molecule has 138 valence electrons. The highest BCUT2D eigenvalue weighted by Gasteiger charge is 2.27. The maximum atomic E-state index is 12.8. The molecule has 0 saturated carbocycles. The van der Waals surface area contributed by atoms with Gasteiger partial charge in [-0.05, 0) is 30.3 Å². The van der Waals surface area contributed by atoms with Crippen molar-refractivity contribution in [3.8, 4) is 0 Å². The number of likely N-dealkylation sites (N-methyl/N-ethyl adjacent to an activating group) is 1. The molecule has 1 atom stereocenters. The summed E-state index contributed by atoms with van der Waals surface area (Å²) in [6.07, 6.45) is -0.0356. The summed E-state index contributed by atoms with van der Waals surface area (Å²) in [6.45, 7) is 7.71. The van der Waals surface area contributed by atoms with E-state index in [2.05, 4.69) is 45.0 Å². The summed E-state index contributed by atoms with van der Waals surface area (Å²) < 4.78 is 8.96. The minimum absolute atomic E-state index is 0.0304. The van der Waals surface area contributed by atoms with Gasteiger partial charge in [-0.2, -0.15) is 5.10 Å². The Morgan fingerprint density at radius 1 is 1.23 bits per heavy atom. The summed E-state index contributed by atoms with van der Waals surface area (Å²) in [5, 5.41) is 4.58. The lowest BCUT2D eigenvalue weighted by atomic mass is 10.1. The Morgan fingerprint density at radius 2 is 1.96 bits per heavy atom. The number of rotatable bonds is 3. The number of amides is 1. The first-order valence-corrected chi connectivity index (χ1v) is 9.88. The van der Waals surface area contributed by atoms with E-state index in [1.54, 1.807) is 0 Å². The number of aromatic nitrogens is 2.